The highest BCUT2D eigenvalue weighted by Gasteiger charge is 2.22. The Bertz CT molecular complexity index is 3500. The summed E-state index contributed by atoms with van der Waals surface area (Å²) in [6.07, 6.45) is 0. The molecule has 0 aliphatic carbocycles. The Morgan fingerprint density at radius 1 is 0.306 bits per heavy atom. The van der Waals surface area contributed by atoms with Crippen molar-refractivity contribution in [1.29, 1.82) is 0 Å². The third kappa shape index (κ3) is 6.14. The molecule has 5 nitrogen and oxygen atoms in total. The molecule has 0 bridgehead atoms. The zero-order valence-electron chi connectivity index (χ0n) is 33.5. The standard InChI is InChI=1S/C57H36N4O/c1-5-17-37(18-6-1)42-32-48(38-19-7-2-8-20-38)58-49(33-42)41-29-30-53(47(31-41)57-59-50(39-21-9-3-10-22-39)36-51(60-57)40-23-11-4-12-24-40)61-52-27-15-13-25-43(52)45-35-56-46(34-54(45)61)44-26-14-16-28-55(44)62-56/h1-36H. The van der Waals surface area contributed by atoms with E-state index in [0.29, 0.717) is 5.82 Å². The number of fused-ring (bicyclic) bond motifs is 6. The highest BCUT2D eigenvalue weighted by molar-refractivity contribution is 6.17. The molecule has 0 fully saturated rings. The van der Waals surface area contributed by atoms with Gasteiger partial charge in [-0.05, 0) is 65.7 Å². The van der Waals surface area contributed by atoms with Crippen molar-refractivity contribution in [1.82, 2.24) is 19.5 Å². The molecule has 0 N–H and O–H groups in total. The quantitative estimate of drug-likeness (QED) is 0.161. The van der Waals surface area contributed by atoms with E-state index in [-0.39, 0.29) is 0 Å². The first-order valence-electron chi connectivity index (χ1n) is 20.8. The van der Waals surface area contributed by atoms with Gasteiger partial charge in [0.25, 0.3) is 0 Å². The Kier molecular flexibility index (Phi) is 8.42. The largest absolute Gasteiger partial charge is 0.456 e. The van der Waals surface area contributed by atoms with Crippen molar-refractivity contribution < 1.29 is 4.42 Å². The Morgan fingerprint density at radius 2 is 0.839 bits per heavy atom. The van der Waals surface area contributed by atoms with Gasteiger partial charge >= 0.3 is 0 Å². The van der Waals surface area contributed by atoms with Crippen LogP contribution in [0.5, 0.6) is 0 Å². The lowest BCUT2D eigenvalue weighted by Gasteiger charge is -2.17. The van der Waals surface area contributed by atoms with Gasteiger partial charge in [-0.25, -0.2) is 15.0 Å². The van der Waals surface area contributed by atoms with Crippen molar-refractivity contribution in [2.45, 2.75) is 0 Å². The van der Waals surface area contributed by atoms with Crippen molar-refractivity contribution in [3.05, 3.63) is 218 Å². The molecular weight excluding hydrogens is 757 g/mol. The van der Waals surface area contributed by atoms with Crippen LogP contribution in [0.25, 0.3) is 117 Å². The zero-order valence-corrected chi connectivity index (χ0v) is 33.5. The maximum absolute atomic E-state index is 6.44. The van der Waals surface area contributed by atoms with Crippen LogP contribution < -0.4 is 0 Å². The fourth-order valence-corrected chi connectivity index (χ4v) is 8.83. The van der Waals surface area contributed by atoms with Gasteiger partial charge in [0.2, 0.25) is 0 Å². The number of hydrogen-bond donors (Lipinski definition) is 0. The topological polar surface area (TPSA) is 56.7 Å². The molecule has 62 heavy (non-hydrogen) atoms. The fraction of sp³-hybridized carbons (Fsp3) is 0. The van der Waals surface area contributed by atoms with Crippen LogP contribution in [0.15, 0.2) is 223 Å². The summed E-state index contributed by atoms with van der Waals surface area (Å²) >= 11 is 0. The predicted octanol–water partition coefficient (Wildman–Crippen LogP) is 14.9. The van der Waals surface area contributed by atoms with Crippen LogP contribution in [0.1, 0.15) is 0 Å². The van der Waals surface area contributed by atoms with Crippen molar-refractivity contribution in [3.8, 4) is 73.2 Å². The Balaban J connectivity index is 1.17. The highest BCUT2D eigenvalue weighted by atomic mass is 16.3. The molecule has 290 valence electrons. The third-order valence-electron chi connectivity index (χ3n) is 11.8. The summed E-state index contributed by atoms with van der Waals surface area (Å²) in [5.41, 5.74) is 15.4. The summed E-state index contributed by atoms with van der Waals surface area (Å²) in [4.78, 5) is 16.2. The van der Waals surface area contributed by atoms with Gasteiger partial charge in [0.15, 0.2) is 5.82 Å². The summed E-state index contributed by atoms with van der Waals surface area (Å²) in [7, 11) is 0. The summed E-state index contributed by atoms with van der Waals surface area (Å²) in [5, 5.41) is 4.39. The maximum atomic E-state index is 6.44. The molecule has 4 aromatic heterocycles. The van der Waals surface area contributed by atoms with Gasteiger partial charge in [0, 0.05) is 49.4 Å². The van der Waals surface area contributed by atoms with Crippen LogP contribution in [0.2, 0.25) is 0 Å². The van der Waals surface area contributed by atoms with E-state index in [2.05, 4.69) is 193 Å². The van der Waals surface area contributed by atoms with Gasteiger partial charge in [0.05, 0.1) is 39.5 Å². The number of nitrogens with zero attached hydrogens (tertiary/aromatic N) is 4. The number of para-hydroxylation sites is 2. The molecule has 4 heterocycles. The van der Waals surface area contributed by atoms with Crippen molar-refractivity contribution >= 4 is 43.7 Å². The van der Waals surface area contributed by atoms with Crippen LogP contribution in [0.4, 0.5) is 0 Å². The molecule has 0 aliphatic rings. The highest BCUT2D eigenvalue weighted by Crippen LogP contribution is 2.42. The van der Waals surface area contributed by atoms with E-state index in [4.69, 9.17) is 19.4 Å². The fourth-order valence-electron chi connectivity index (χ4n) is 8.83. The van der Waals surface area contributed by atoms with Gasteiger partial charge in [-0.1, -0.05) is 164 Å². The minimum absolute atomic E-state index is 0.616. The van der Waals surface area contributed by atoms with Crippen molar-refractivity contribution in [2.75, 3.05) is 0 Å². The smallest absolute Gasteiger partial charge is 0.162 e. The molecular formula is C57H36N4O. The normalized spacial score (nSPS) is 11.5. The van der Waals surface area contributed by atoms with Crippen LogP contribution in [0, 0.1) is 0 Å². The lowest BCUT2D eigenvalue weighted by atomic mass is 9.98. The number of benzene rings is 8. The van der Waals surface area contributed by atoms with E-state index in [0.717, 1.165) is 111 Å². The van der Waals surface area contributed by atoms with Crippen LogP contribution in [-0.2, 0) is 0 Å². The van der Waals surface area contributed by atoms with E-state index in [1.54, 1.807) is 0 Å². The number of pyridine rings is 1. The van der Waals surface area contributed by atoms with Crippen LogP contribution in [-0.4, -0.2) is 19.5 Å². The van der Waals surface area contributed by atoms with Gasteiger partial charge in [-0.15, -0.1) is 0 Å². The molecule has 0 saturated heterocycles. The first-order chi connectivity index (χ1) is 30.7. The summed E-state index contributed by atoms with van der Waals surface area (Å²) in [5.74, 6) is 0.616. The number of furan rings is 1. The average Bonchev–Trinajstić information content (AvgIpc) is 3.88. The second-order valence-corrected chi connectivity index (χ2v) is 15.6. The van der Waals surface area contributed by atoms with Gasteiger partial charge in [-0.2, -0.15) is 0 Å². The molecule has 0 saturated carbocycles. The molecule has 0 spiro atoms. The van der Waals surface area contributed by atoms with Crippen LogP contribution in [0.3, 0.4) is 0 Å². The second-order valence-electron chi connectivity index (χ2n) is 15.6. The summed E-state index contributed by atoms with van der Waals surface area (Å²) in [6, 6.07) is 76.1. The van der Waals surface area contributed by atoms with E-state index >= 15 is 0 Å². The monoisotopic (exact) mass is 792 g/mol. The van der Waals surface area contributed by atoms with Gasteiger partial charge in [-0.3, -0.25) is 0 Å². The molecule has 12 aromatic rings. The summed E-state index contributed by atoms with van der Waals surface area (Å²) in [6.45, 7) is 0. The number of rotatable bonds is 7. The first kappa shape index (κ1) is 35.5. The minimum Gasteiger partial charge on any atom is -0.456 e. The molecule has 0 amide bonds. The molecule has 8 aromatic carbocycles. The molecule has 0 atom stereocenters. The Labute approximate surface area is 357 Å². The number of aromatic nitrogens is 4. The van der Waals surface area contributed by atoms with Crippen molar-refractivity contribution in [2.24, 2.45) is 0 Å². The maximum Gasteiger partial charge on any atom is 0.162 e. The van der Waals surface area contributed by atoms with Crippen molar-refractivity contribution in [3.63, 3.8) is 0 Å². The summed E-state index contributed by atoms with van der Waals surface area (Å²) < 4.78 is 8.81. The molecule has 12 rings (SSSR count). The predicted molar refractivity (Wildman–Crippen MR) is 254 cm³/mol. The lowest BCUT2D eigenvalue weighted by molar-refractivity contribution is 0.669. The SMILES string of the molecule is c1ccc(-c2cc(-c3ccccc3)nc(-c3ccc(-n4c5ccccc5c5cc6oc7ccccc7c6cc54)c(-c4nc(-c5ccccc5)cc(-c5ccccc5)n4)c3)c2)cc1. The minimum atomic E-state index is 0.616. The average molecular weight is 793 g/mol. The van der Waals surface area contributed by atoms with E-state index < -0.39 is 0 Å². The molecule has 0 unspecified atom stereocenters. The molecule has 0 radical (unpaired) electrons. The zero-order chi connectivity index (χ0) is 41.0. The van der Waals surface area contributed by atoms with Gasteiger partial charge < -0.3 is 8.98 Å². The molecule has 5 heteroatoms. The third-order valence-corrected chi connectivity index (χ3v) is 11.8. The number of hydrogen-bond acceptors (Lipinski definition) is 4. The first-order valence-corrected chi connectivity index (χ1v) is 20.8. The van der Waals surface area contributed by atoms with E-state index in [1.165, 1.54) is 0 Å². The van der Waals surface area contributed by atoms with E-state index in [1.807, 2.05) is 30.3 Å². The second kappa shape index (κ2) is 14.7. The Hall–Kier alpha value is -8.41. The molecule has 0 aliphatic heterocycles. The van der Waals surface area contributed by atoms with E-state index in [9.17, 15) is 0 Å². The lowest BCUT2D eigenvalue weighted by Crippen LogP contribution is -2.02. The van der Waals surface area contributed by atoms with Gasteiger partial charge in [0.1, 0.15) is 11.2 Å². The van der Waals surface area contributed by atoms with Crippen LogP contribution >= 0.6 is 0 Å². The Morgan fingerprint density at radius 3 is 1.48 bits per heavy atom.